The first-order valence-corrected chi connectivity index (χ1v) is 14.4. The highest BCUT2D eigenvalue weighted by atomic mass is 32.2. The fourth-order valence-corrected chi connectivity index (χ4v) is 6.26. The molecule has 2 aromatic heterocycles. The smallest absolute Gasteiger partial charge is 0.318 e. The molecule has 0 radical (unpaired) electrons. The average Bonchev–Trinajstić information content (AvgIpc) is 3.15. The average molecular weight is 543 g/mol. The summed E-state index contributed by atoms with van der Waals surface area (Å²) in [7, 11) is -1.94. The van der Waals surface area contributed by atoms with Crippen molar-refractivity contribution in [2.75, 3.05) is 31.4 Å². The predicted molar refractivity (Wildman–Crippen MR) is 142 cm³/mol. The number of nitrogens with zero attached hydrogens (tertiary/aromatic N) is 4. The Morgan fingerprint density at radius 2 is 1.97 bits per heavy atom. The Hall–Kier alpha value is -3.60. The van der Waals surface area contributed by atoms with Gasteiger partial charge in [0.1, 0.15) is 28.6 Å². The summed E-state index contributed by atoms with van der Waals surface area (Å²) < 4.78 is 61.0. The van der Waals surface area contributed by atoms with Crippen LogP contribution in [0.5, 0.6) is 11.8 Å². The van der Waals surface area contributed by atoms with Gasteiger partial charge < -0.3 is 14.7 Å². The van der Waals surface area contributed by atoms with Crippen molar-refractivity contribution in [3.05, 3.63) is 47.7 Å². The Morgan fingerprint density at radius 3 is 2.68 bits per heavy atom. The van der Waals surface area contributed by atoms with Crippen LogP contribution in [0.2, 0.25) is 0 Å². The molecule has 3 heterocycles. The van der Waals surface area contributed by atoms with Crippen LogP contribution in [-0.4, -0.2) is 60.2 Å². The number of hydrogen-bond acceptors (Lipinski definition) is 8. The third-order valence-electron chi connectivity index (χ3n) is 7.12. The summed E-state index contributed by atoms with van der Waals surface area (Å²) in [6.45, 7) is 2.53. The lowest BCUT2D eigenvalue weighted by atomic mass is 9.94. The minimum absolute atomic E-state index is 0.0667. The molecular formula is C27H28F2N4O4S. The maximum absolute atomic E-state index is 16.3. The minimum Gasteiger partial charge on any atom is -0.508 e. The molecule has 200 valence electrons. The highest BCUT2D eigenvalue weighted by molar-refractivity contribution is 7.91. The number of benzene rings is 2. The molecule has 38 heavy (non-hydrogen) atoms. The maximum Gasteiger partial charge on any atom is 0.318 e. The Labute approximate surface area is 219 Å². The lowest BCUT2D eigenvalue weighted by molar-refractivity contribution is 0.381. The van der Waals surface area contributed by atoms with E-state index in [1.165, 1.54) is 43.8 Å². The molecule has 0 spiro atoms. The van der Waals surface area contributed by atoms with Gasteiger partial charge in [-0.25, -0.2) is 17.2 Å². The highest BCUT2D eigenvalue weighted by Crippen LogP contribution is 2.39. The Balaban J connectivity index is 1.74. The normalized spacial score (nSPS) is 16.7. The summed E-state index contributed by atoms with van der Waals surface area (Å²) in [6, 6.07) is 5.64. The molecule has 0 saturated carbocycles. The second kappa shape index (κ2) is 9.94. The Kier molecular flexibility index (Phi) is 6.81. The third-order valence-corrected chi connectivity index (χ3v) is 8.72. The van der Waals surface area contributed by atoms with E-state index in [2.05, 4.69) is 15.0 Å². The number of anilines is 1. The number of hydrogen-bond donors (Lipinski definition) is 1. The molecule has 1 aliphatic heterocycles. The first-order chi connectivity index (χ1) is 18.1. The molecule has 4 aromatic rings. The number of rotatable bonds is 5. The Bertz CT molecular complexity index is 1660. The van der Waals surface area contributed by atoms with Crippen molar-refractivity contribution in [2.45, 2.75) is 37.9 Å². The van der Waals surface area contributed by atoms with Crippen LogP contribution >= 0.6 is 0 Å². The van der Waals surface area contributed by atoms with E-state index >= 15 is 4.39 Å². The second-order valence-corrected chi connectivity index (χ2v) is 11.9. The van der Waals surface area contributed by atoms with Gasteiger partial charge in [0.25, 0.3) is 0 Å². The van der Waals surface area contributed by atoms with Crippen molar-refractivity contribution in [1.29, 1.82) is 0 Å². The summed E-state index contributed by atoms with van der Waals surface area (Å²) >= 11 is 0. The largest absolute Gasteiger partial charge is 0.508 e. The minimum atomic E-state index is -3.31. The van der Waals surface area contributed by atoms with Gasteiger partial charge in [-0.3, -0.25) is 4.98 Å². The number of aromatic nitrogens is 3. The van der Waals surface area contributed by atoms with Crippen LogP contribution in [0.3, 0.4) is 0 Å². The molecule has 5 rings (SSSR count). The van der Waals surface area contributed by atoms with Gasteiger partial charge in [-0.15, -0.1) is 0 Å². The van der Waals surface area contributed by atoms with Gasteiger partial charge in [0.05, 0.1) is 17.7 Å². The summed E-state index contributed by atoms with van der Waals surface area (Å²) in [6.07, 6.45) is 5.03. The van der Waals surface area contributed by atoms with Gasteiger partial charge >= 0.3 is 6.01 Å². The number of pyridine rings is 1. The molecule has 8 nitrogen and oxygen atoms in total. The first kappa shape index (κ1) is 26.0. The van der Waals surface area contributed by atoms with Crippen LogP contribution in [0, 0.1) is 11.6 Å². The molecule has 1 fully saturated rings. The topological polar surface area (TPSA) is 106 Å². The predicted octanol–water partition coefficient (Wildman–Crippen LogP) is 4.80. The SMILES string of the molecule is CCc1c(F)ccc2cc(O)cc(-c3ncc4c(N5CCCCC(S(C)(=O)=O)C5)nc(OC)nc4c3F)c12. The van der Waals surface area contributed by atoms with Crippen molar-refractivity contribution in [3.8, 4) is 23.0 Å². The van der Waals surface area contributed by atoms with Gasteiger partial charge in [-0.05, 0) is 53.8 Å². The Morgan fingerprint density at radius 1 is 1.18 bits per heavy atom. The number of sulfone groups is 1. The van der Waals surface area contributed by atoms with E-state index in [1.54, 1.807) is 6.92 Å². The molecule has 1 saturated heterocycles. The lowest BCUT2D eigenvalue weighted by Gasteiger charge is -2.26. The molecule has 1 N–H and O–H groups in total. The molecule has 1 aliphatic rings. The van der Waals surface area contributed by atoms with Crippen molar-refractivity contribution >= 4 is 37.3 Å². The molecular weight excluding hydrogens is 514 g/mol. The van der Waals surface area contributed by atoms with Gasteiger partial charge in [-0.2, -0.15) is 9.97 Å². The highest BCUT2D eigenvalue weighted by Gasteiger charge is 2.29. The summed E-state index contributed by atoms with van der Waals surface area (Å²) in [5, 5.41) is 11.1. The van der Waals surface area contributed by atoms with Crippen molar-refractivity contribution in [3.63, 3.8) is 0 Å². The fourth-order valence-electron chi connectivity index (χ4n) is 5.22. The van der Waals surface area contributed by atoms with Crippen molar-refractivity contribution < 1.29 is 27.0 Å². The van der Waals surface area contributed by atoms with Crippen LogP contribution in [0.15, 0.2) is 30.5 Å². The molecule has 0 aliphatic carbocycles. The summed E-state index contributed by atoms with van der Waals surface area (Å²) in [5.74, 6) is -0.987. The van der Waals surface area contributed by atoms with Gasteiger partial charge in [0.15, 0.2) is 15.7 Å². The standard InChI is InChI=1S/C27H28F2N4O4S/c1-4-18-21(28)9-8-15-11-16(34)12-19(22(15)18)24-23(29)25-20(13-30-24)26(32-27(31-25)37-2)33-10-6-5-7-17(14-33)38(3,35)36/h8-9,11-13,17,34H,4-7,10,14H2,1-3H3. The van der Waals surface area contributed by atoms with Crippen LogP contribution in [0.25, 0.3) is 32.9 Å². The maximum atomic E-state index is 16.3. The summed E-state index contributed by atoms with van der Waals surface area (Å²) in [5.41, 5.74) is 0.455. The third kappa shape index (κ3) is 4.59. The molecule has 0 bridgehead atoms. The second-order valence-electron chi connectivity index (χ2n) is 9.58. The number of ether oxygens (including phenoxy) is 1. The van der Waals surface area contributed by atoms with Crippen molar-refractivity contribution in [2.24, 2.45) is 0 Å². The van der Waals surface area contributed by atoms with Crippen LogP contribution in [0.4, 0.5) is 14.6 Å². The zero-order chi connectivity index (χ0) is 27.2. The van der Waals surface area contributed by atoms with Crippen molar-refractivity contribution in [1.82, 2.24) is 15.0 Å². The van der Waals surface area contributed by atoms with Crippen LogP contribution < -0.4 is 9.64 Å². The van der Waals surface area contributed by atoms with E-state index in [1.807, 2.05) is 4.90 Å². The van der Waals surface area contributed by atoms with E-state index in [0.717, 1.165) is 12.8 Å². The fraction of sp³-hybridized carbons (Fsp3) is 0.370. The first-order valence-electron chi connectivity index (χ1n) is 12.4. The zero-order valence-electron chi connectivity index (χ0n) is 21.3. The van der Waals surface area contributed by atoms with Gasteiger partial charge in [-0.1, -0.05) is 19.4 Å². The monoisotopic (exact) mass is 542 g/mol. The molecule has 1 atom stereocenters. The number of fused-ring (bicyclic) bond motifs is 2. The molecule has 11 heteroatoms. The quantitative estimate of drug-likeness (QED) is 0.383. The van der Waals surface area contributed by atoms with E-state index in [0.29, 0.717) is 46.9 Å². The van der Waals surface area contributed by atoms with E-state index in [-0.39, 0.29) is 35.1 Å². The molecule has 2 aromatic carbocycles. The number of phenolic OH excluding ortho intramolecular Hbond substituents is 1. The van der Waals surface area contributed by atoms with E-state index in [9.17, 15) is 17.9 Å². The lowest BCUT2D eigenvalue weighted by Crippen LogP contribution is -2.35. The van der Waals surface area contributed by atoms with Crippen LogP contribution in [-0.2, 0) is 16.3 Å². The van der Waals surface area contributed by atoms with Gasteiger partial charge in [0, 0.05) is 31.1 Å². The number of methoxy groups -OCH3 is 1. The van der Waals surface area contributed by atoms with E-state index in [4.69, 9.17) is 4.74 Å². The number of aryl methyl sites for hydroxylation is 1. The molecule has 1 unspecified atom stereocenters. The number of aromatic hydroxyl groups is 1. The summed E-state index contributed by atoms with van der Waals surface area (Å²) in [4.78, 5) is 14.9. The molecule has 0 amide bonds. The zero-order valence-corrected chi connectivity index (χ0v) is 22.1. The van der Waals surface area contributed by atoms with Crippen LogP contribution in [0.1, 0.15) is 31.7 Å². The number of halogens is 2. The van der Waals surface area contributed by atoms with E-state index < -0.39 is 26.7 Å². The number of phenols is 1. The van der Waals surface area contributed by atoms with Gasteiger partial charge in [0.2, 0.25) is 0 Å².